The van der Waals surface area contributed by atoms with Crippen molar-refractivity contribution in [2.24, 2.45) is 0 Å². The van der Waals surface area contributed by atoms with Crippen LogP contribution >= 0.6 is 0 Å². The maximum atomic E-state index is 13.9. The number of anilines is 1. The van der Waals surface area contributed by atoms with Gasteiger partial charge in [-0.2, -0.15) is 5.10 Å². The van der Waals surface area contributed by atoms with Gasteiger partial charge >= 0.3 is 0 Å². The van der Waals surface area contributed by atoms with Gasteiger partial charge in [-0.25, -0.2) is 4.39 Å². The van der Waals surface area contributed by atoms with Crippen LogP contribution in [0, 0.1) is 5.82 Å². The number of nitrogens with one attached hydrogen (secondary N) is 3. The van der Waals surface area contributed by atoms with Crippen molar-refractivity contribution in [2.45, 2.75) is 26.2 Å². The van der Waals surface area contributed by atoms with Crippen LogP contribution in [0.1, 0.15) is 26.2 Å². The molecule has 0 saturated carbocycles. The zero-order valence-corrected chi connectivity index (χ0v) is 20.6. The number of pyridine rings is 3. The zero-order valence-electron chi connectivity index (χ0n) is 20.6. The first-order chi connectivity index (χ1) is 18.6. The van der Waals surface area contributed by atoms with Crippen LogP contribution in [0.5, 0.6) is 0 Å². The first-order valence-electron chi connectivity index (χ1n) is 12.4. The normalized spacial score (nSPS) is 11.3. The van der Waals surface area contributed by atoms with Gasteiger partial charge in [-0.1, -0.05) is 25.5 Å². The molecule has 0 saturated heterocycles. The minimum Gasteiger partial charge on any atom is -0.353 e. The molecule has 0 atom stereocenters. The van der Waals surface area contributed by atoms with Gasteiger partial charge < -0.3 is 10.3 Å². The average molecular weight is 506 g/mol. The number of hydrogen-bond donors (Lipinski definition) is 3. The lowest BCUT2D eigenvalue weighted by Crippen LogP contribution is -2.11. The molecule has 0 radical (unpaired) electrons. The molecule has 188 valence electrons. The molecule has 0 aliphatic carbocycles. The molecule has 0 spiro atoms. The van der Waals surface area contributed by atoms with Gasteiger partial charge in [0.05, 0.1) is 40.7 Å². The van der Waals surface area contributed by atoms with Crippen molar-refractivity contribution < 1.29 is 9.18 Å². The summed E-state index contributed by atoms with van der Waals surface area (Å²) >= 11 is 0. The third-order valence-electron chi connectivity index (χ3n) is 6.42. The average Bonchev–Trinajstić information content (AvgIpc) is 3.55. The highest BCUT2D eigenvalue weighted by molar-refractivity contribution is 6.00. The first-order valence-corrected chi connectivity index (χ1v) is 12.4. The second-order valence-electron chi connectivity index (χ2n) is 9.12. The Morgan fingerprint density at radius 2 is 1.84 bits per heavy atom. The van der Waals surface area contributed by atoms with Crippen molar-refractivity contribution in [2.75, 3.05) is 5.32 Å². The minimum absolute atomic E-state index is 0.0303. The maximum absolute atomic E-state index is 13.9. The number of hydrogen-bond acceptors (Lipinski definition) is 5. The summed E-state index contributed by atoms with van der Waals surface area (Å²) in [5, 5.41) is 12.3. The number of rotatable bonds is 7. The fourth-order valence-corrected chi connectivity index (χ4v) is 4.54. The molecular formula is C29H24FN7O. The number of unbranched alkanes of at least 4 members (excludes halogenated alkanes) is 1. The Hall–Kier alpha value is -4.92. The highest BCUT2D eigenvalue weighted by atomic mass is 19.1. The molecule has 38 heavy (non-hydrogen) atoms. The highest BCUT2D eigenvalue weighted by Gasteiger charge is 2.16. The predicted octanol–water partition coefficient (Wildman–Crippen LogP) is 6.50. The zero-order chi connectivity index (χ0) is 26.1. The number of aromatic nitrogens is 6. The SMILES string of the molecule is CCCCC(=O)Nc1cncc(-c2cc3c(-c4cc5c(-c6cccc(F)c6)nccc5[nH]4)n[nH]c3cn2)c1. The molecule has 5 heterocycles. The molecule has 5 aromatic heterocycles. The summed E-state index contributed by atoms with van der Waals surface area (Å²) in [5.41, 5.74) is 6.68. The molecule has 0 bridgehead atoms. The predicted molar refractivity (Wildman–Crippen MR) is 146 cm³/mol. The van der Waals surface area contributed by atoms with E-state index in [1.54, 1.807) is 30.9 Å². The van der Waals surface area contributed by atoms with Crippen LogP contribution in [0.4, 0.5) is 10.1 Å². The van der Waals surface area contributed by atoms with Gasteiger partial charge in [0.25, 0.3) is 0 Å². The Morgan fingerprint density at radius 3 is 2.71 bits per heavy atom. The van der Waals surface area contributed by atoms with E-state index in [0.29, 0.717) is 29.1 Å². The summed E-state index contributed by atoms with van der Waals surface area (Å²) < 4.78 is 13.9. The largest absolute Gasteiger partial charge is 0.353 e. The second-order valence-corrected chi connectivity index (χ2v) is 9.12. The first kappa shape index (κ1) is 23.5. The second kappa shape index (κ2) is 9.85. The number of fused-ring (bicyclic) bond motifs is 2. The van der Waals surface area contributed by atoms with Crippen molar-refractivity contribution in [1.29, 1.82) is 0 Å². The minimum atomic E-state index is -0.311. The molecule has 8 nitrogen and oxygen atoms in total. The summed E-state index contributed by atoms with van der Waals surface area (Å²) in [6.07, 6.45) is 9.06. The monoisotopic (exact) mass is 505 g/mol. The third-order valence-corrected chi connectivity index (χ3v) is 6.42. The molecule has 0 aliphatic rings. The van der Waals surface area contributed by atoms with Crippen molar-refractivity contribution >= 4 is 33.4 Å². The van der Waals surface area contributed by atoms with E-state index in [2.05, 4.69) is 42.4 Å². The van der Waals surface area contributed by atoms with Gasteiger partial charge in [0, 0.05) is 46.2 Å². The smallest absolute Gasteiger partial charge is 0.224 e. The number of aromatic amines is 2. The fraction of sp³-hybridized carbons (Fsp3) is 0.138. The van der Waals surface area contributed by atoms with Crippen molar-refractivity contribution in [3.63, 3.8) is 0 Å². The van der Waals surface area contributed by atoms with E-state index < -0.39 is 0 Å². The number of carbonyl (C=O) groups is 1. The number of benzene rings is 1. The van der Waals surface area contributed by atoms with Gasteiger partial charge in [-0.05, 0) is 42.8 Å². The molecule has 1 aromatic carbocycles. The van der Waals surface area contributed by atoms with E-state index in [1.807, 2.05) is 30.3 Å². The molecule has 9 heteroatoms. The molecule has 6 rings (SSSR count). The van der Waals surface area contributed by atoms with Gasteiger partial charge in [-0.3, -0.25) is 24.8 Å². The maximum Gasteiger partial charge on any atom is 0.224 e. The molecular weight excluding hydrogens is 481 g/mol. The van der Waals surface area contributed by atoms with Gasteiger partial charge in [0.2, 0.25) is 5.91 Å². The van der Waals surface area contributed by atoms with Crippen LogP contribution in [0.25, 0.3) is 55.7 Å². The highest BCUT2D eigenvalue weighted by Crippen LogP contribution is 2.34. The molecule has 1 amide bonds. The van der Waals surface area contributed by atoms with E-state index in [9.17, 15) is 9.18 Å². The number of amides is 1. The Morgan fingerprint density at radius 1 is 0.947 bits per heavy atom. The van der Waals surface area contributed by atoms with Crippen molar-refractivity contribution in [3.05, 3.63) is 79.1 Å². The van der Waals surface area contributed by atoms with E-state index in [0.717, 1.165) is 51.6 Å². The Labute approximate surface area is 217 Å². The van der Waals surface area contributed by atoms with Crippen LogP contribution in [0.15, 0.2) is 73.3 Å². The number of halogens is 1. The van der Waals surface area contributed by atoms with Crippen LogP contribution < -0.4 is 5.32 Å². The van der Waals surface area contributed by atoms with Crippen LogP contribution in [-0.4, -0.2) is 36.0 Å². The topological polar surface area (TPSA) is 112 Å². The van der Waals surface area contributed by atoms with Gasteiger partial charge in [-0.15, -0.1) is 0 Å². The lowest BCUT2D eigenvalue weighted by atomic mass is 10.1. The molecule has 6 aromatic rings. The van der Waals surface area contributed by atoms with Gasteiger partial charge in [0.1, 0.15) is 11.5 Å². The quantitative estimate of drug-likeness (QED) is 0.229. The Balaban J connectivity index is 1.37. The summed E-state index contributed by atoms with van der Waals surface area (Å²) in [6.45, 7) is 2.05. The summed E-state index contributed by atoms with van der Waals surface area (Å²) in [4.78, 5) is 29.0. The van der Waals surface area contributed by atoms with Crippen LogP contribution in [-0.2, 0) is 4.79 Å². The Kier molecular flexibility index (Phi) is 6.09. The van der Waals surface area contributed by atoms with Crippen LogP contribution in [0.3, 0.4) is 0 Å². The van der Waals surface area contributed by atoms with Crippen molar-refractivity contribution in [3.8, 4) is 33.9 Å². The summed E-state index contributed by atoms with van der Waals surface area (Å²) in [7, 11) is 0. The van der Waals surface area contributed by atoms with Crippen molar-refractivity contribution in [1.82, 2.24) is 30.1 Å². The lowest BCUT2D eigenvalue weighted by Gasteiger charge is -2.07. The molecule has 0 fully saturated rings. The standard InChI is InChI=1S/C29H24FN7O/c1-2-3-7-27(38)34-20-11-18(14-31-15-20)24-12-22-26(16-33-24)36-37-29(22)25-13-21-23(35-25)8-9-32-28(21)17-5-4-6-19(30)10-17/h4-6,8-16,35H,2-3,7H2,1H3,(H,34,38)(H,36,37). The third kappa shape index (κ3) is 4.50. The molecule has 3 N–H and O–H groups in total. The summed E-state index contributed by atoms with van der Waals surface area (Å²) in [6, 6.07) is 14.1. The fourth-order valence-electron chi connectivity index (χ4n) is 4.54. The van der Waals surface area contributed by atoms with E-state index in [-0.39, 0.29) is 11.7 Å². The van der Waals surface area contributed by atoms with E-state index in [1.165, 1.54) is 12.1 Å². The number of nitrogens with zero attached hydrogens (tertiary/aromatic N) is 4. The Bertz CT molecular complexity index is 1790. The van der Waals surface area contributed by atoms with E-state index >= 15 is 0 Å². The number of H-pyrrole nitrogens is 2. The molecule has 0 unspecified atom stereocenters. The number of carbonyl (C=O) groups excluding carboxylic acids is 1. The van der Waals surface area contributed by atoms with Crippen LogP contribution in [0.2, 0.25) is 0 Å². The summed E-state index contributed by atoms with van der Waals surface area (Å²) in [5.74, 6) is -0.341. The van der Waals surface area contributed by atoms with Gasteiger partial charge in [0.15, 0.2) is 0 Å². The van der Waals surface area contributed by atoms with E-state index in [4.69, 9.17) is 0 Å². The lowest BCUT2D eigenvalue weighted by molar-refractivity contribution is -0.116. The molecule has 0 aliphatic heterocycles.